The Balaban J connectivity index is 2.62. The molecule has 0 spiro atoms. The second-order valence-electron chi connectivity index (χ2n) is 5.28. The summed E-state index contributed by atoms with van der Waals surface area (Å²) < 4.78 is 0. The highest BCUT2D eigenvalue weighted by atomic mass is 16.4. The largest absolute Gasteiger partial charge is 0.481 e. The summed E-state index contributed by atoms with van der Waals surface area (Å²) in [6.07, 6.45) is 0.531. The molecule has 1 fully saturated rings. The van der Waals surface area contributed by atoms with Gasteiger partial charge in [-0.15, -0.1) is 0 Å². The highest BCUT2D eigenvalue weighted by molar-refractivity contribution is 5.74. The Kier molecular flexibility index (Phi) is 4.93. The van der Waals surface area contributed by atoms with Crippen LogP contribution in [-0.2, 0) is 9.59 Å². The monoisotopic (exact) mass is 242 g/mol. The first-order valence-corrected chi connectivity index (χ1v) is 6.10. The van der Waals surface area contributed by atoms with E-state index in [0.717, 1.165) is 13.1 Å². The summed E-state index contributed by atoms with van der Waals surface area (Å²) in [6, 6.07) is -0.0406. The minimum absolute atomic E-state index is 0.0406. The van der Waals surface area contributed by atoms with Crippen molar-refractivity contribution in [1.29, 1.82) is 0 Å². The molecule has 0 aromatic heterocycles. The van der Waals surface area contributed by atoms with E-state index >= 15 is 0 Å². The third-order valence-electron chi connectivity index (χ3n) is 2.91. The lowest BCUT2D eigenvalue weighted by molar-refractivity contribution is -0.144. The Morgan fingerprint density at radius 3 is 2.53 bits per heavy atom. The number of carboxylic acid groups (broad SMARTS) is 1. The molecule has 1 amide bonds. The summed E-state index contributed by atoms with van der Waals surface area (Å²) in [7, 11) is 0. The smallest absolute Gasteiger partial charge is 0.307 e. The molecule has 0 radical (unpaired) electrons. The van der Waals surface area contributed by atoms with Crippen molar-refractivity contribution in [2.24, 2.45) is 11.8 Å². The second kappa shape index (κ2) is 6.00. The van der Waals surface area contributed by atoms with Crippen LogP contribution in [0.5, 0.6) is 0 Å². The maximum Gasteiger partial charge on any atom is 0.307 e. The van der Waals surface area contributed by atoms with Gasteiger partial charge in [-0.1, -0.05) is 13.8 Å². The zero-order chi connectivity index (χ0) is 13.0. The minimum Gasteiger partial charge on any atom is -0.481 e. The highest BCUT2D eigenvalue weighted by Crippen LogP contribution is 2.18. The molecule has 1 aliphatic heterocycles. The predicted molar refractivity (Wildman–Crippen MR) is 64.6 cm³/mol. The predicted octanol–water partition coefficient (Wildman–Crippen LogP) is 0.554. The molecule has 98 valence electrons. The number of carbonyl (C=O) groups excluding carboxylic acids is 1. The van der Waals surface area contributed by atoms with Crippen molar-refractivity contribution < 1.29 is 14.7 Å². The standard InChI is InChI=1S/C12H22N2O3/c1-8(2)5-14-6-10(12(16)17)4-11(7-14)13-9(3)15/h8,10-11H,4-7H2,1-3H3,(H,13,15)(H,16,17). The van der Waals surface area contributed by atoms with Gasteiger partial charge in [0.2, 0.25) is 5.91 Å². The molecule has 2 atom stereocenters. The molecule has 1 rings (SSSR count). The number of rotatable bonds is 4. The first-order chi connectivity index (χ1) is 7.88. The number of likely N-dealkylation sites (tertiary alicyclic amines) is 1. The van der Waals surface area contributed by atoms with Crippen molar-refractivity contribution in [2.75, 3.05) is 19.6 Å². The number of piperidine rings is 1. The van der Waals surface area contributed by atoms with Gasteiger partial charge in [0.25, 0.3) is 0 Å². The molecule has 1 aliphatic rings. The lowest BCUT2D eigenvalue weighted by Crippen LogP contribution is -2.52. The number of nitrogens with one attached hydrogen (secondary N) is 1. The lowest BCUT2D eigenvalue weighted by Gasteiger charge is -2.37. The van der Waals surface area contributed by atoms with Crippen molar-refractivity contribution in [3.05, 3.63) is 0 Å². The lowest BCUT2D eigenvalue weighted by atomic mass is 9.93. The van der Waals surface area contributed by atoms with Crippen LogP contribution >= 0.6 is 0 Å². The van der Waals surface area contributed by atoms with E-state index < -0.39 is 5.97 Å². The molecule has 2 unspecified atom stereocenters. The maximum absolute atomic E-state index is 11.1. The number of hydrogen-bond acceptors (Lipinski definition) is 3. The van der Waals surface area contributed by atoms with Crippen LogP contribution in [0, 0.1) is 11.8 Å². The summed E-state index contributed by atoms with van der Waals surface area (Å²) >= 11 is 0. The summed E-state index contributed by atoms with van der Waals surface area (Å²) in [5.41, 5.74) is 0. The van der Waals surface area contributed by atoms with E-state index in [1.54, 1.807) is 0 Å². The van der Waals surface area contributed by atoms with Crippen LogP contribution in [0.1, 0.15) is 27.2 Å². The van der Waals surface area contributed by atoms with E-state index in [4.69, 9.17) is 5.11 Å². The van der Waals surface area contributed by atoms with Crippen LogP contribution in [0.25, 0.3) is 0 Å². The van der Waals surface area contributed by atoms with Gasteiger partial charge in [-0.05, 0) is 12.3 Å². The fraction of sp³-hybridized carbons (Fsp3) is 0.833. The first kappa shape index (κ1) is 14.0. The average Bonchev–Trinajstić information content (AvgIpc) is 2.14. The van der Waals surface area contributed by atoms with E-state index in [1.807, 2.05) is 0 Å². The molecule has 0 saturated carbocycles. The fourth-order valence-electron chi connectivity index (χ4n) is 2.43. The summed E-state index contributed by atoms with van der Waals surface area (Å²) in [4.78, 5) is 24.3. The molecular formula is C12H22N2O3. The third-order valence-corrected chi connectivity index (χ3v) is 2.91. The van der Waals surface area contributed by atoms with Crippen LogP contribution < -0.4 is 5.32 Å². The van der Waals surface area contributed by atoms with Crippen LogP contribution in [0.2, 0.25) is 0 Å². The maximum atomic E-state index is 11.1. The van der Waals surface area contributed by atoms with Gasteiger partial charge in [-0.3, -0.25) is 9.59 Å². The van der Waals surface area contributed by atoms with Crippen LogP contribution in [0.15, 0.2) is 0 Å². The summed E-state index contributed by atoms with van der Waals surface area (Å²) in [5, 5.41) is 11.9. The normalized spacial score (nSPS) is 25.9. The van der Waals surface area contributed by atoms with E-state index in [1.165, 1.54) is 6.92 Å². The topological polar surface area (TPSA) is 69.6 Å². The molecule has 0 bridgehead atoms. The molecule has 0 aromatic carbocycles. The quantitative estimate of drug-likeness (QED) is 0.755. The third kappa shape index (κ3) is 4.73. The minimum atomic E-state index is -0.770. The van der Waals surface area contributed by atoms with Gasteiger partial charge in [0, 0.05) is 32.6 Å². The van der Waals surface area contributed by atoms with Crippen LogP contribution in [0.3, 0.4) is 0 Å². The van der Waals surface area contributed by atoms with Gasteiger partial charge < -0.3 is 15.3 Å². The zero-order valence-electron chi connectivity index (χ0n) is 10.8. The first-order valence-electron chi connectivity index (χ1n) is 6.10. The fourth-order valence-corrected chi connectivity index (χ4v) is 2.43. The van der Waals surface area contributed by atoms with E-state index in [0.29, 0.717) is 18.9 Å². The summed E-state index contributed by atoms with van der Waals surface area (Å²) in [5.74, 6) is -0.737. The van der Waals surface area contributed by atoms with Gasteiger partial charge in [0.1, 0.15) is 0 Å². The van der Waals surface area contributed by atoms with Crippen molar-refractivity contribution >= 4 is 11.9 Å². The molecular weight excluding hydrogens is 220 g/mol. The zero-order valence-corrected chi connectivity index (χ0v) is 10.8. The Morgan fingerprint density at radius 2 is 2.06 bits per heavy atom. The molecule has 5 heteroatoms. The molecule has 0 aromatic rings. The Morgan fingerprint density at radius 1 is 1.41 bits per heavy atom. The number of carbonyl (C=O) groups is 2. The van der Waals surface area contributed by atoms with E-state index in [9.17, 15) is 9.59 Å². The molecule has 0 aliphatic carbocycles. The molecule has 2 N–H and O–H groups in total. The van der Waals surface area contributed by atoms with Gasteiger partial charge in [0.15, 0.2) is 0 Å². The van der Waals surface area contributed by atoms with Crippen molar-refractivity contribution in [3.63, 3.8) is 0 Å². The van der Waals surface area contributed by atoms with Crippen LogP contribution in [0.4, 0.5) is 0 Å². The van der Waals surface area contributed by atoms with Crippen LogP contribution in [-0.4, -0.2) is 47.6 Å². The Labute approximate surface area is 102 Å². The second-order valence-corrected chi connectivity index (χ2v) is 5.28. The Hall–Kier alpha value is -1.10. The van der Waals surface area contributed by atoms with Gasteiger partial charge in [0.05, 0.1) is 5.92 Å². The number of amides is 1. The van der Waals surface area contributed by atoms with E-state index in [-0.39, 0.29) is 17.9 Å². The van der Waals surface area contributed by atoms with Crippen molar-refractivity contribution in [3.8, 4) is 0 Å². The SMILES string of the molecule is CC(=O)NC1CC(C(=O)O)CN(CC(C)C)C1. The number of aliphatic carboxylic acids is 1. The Bertz CT molecular complexity index is 291. The van der Waals surface area contributed by atoms with Gasteiger partial charge >= 0.3 is 5.97 Å². The number of nitrogens with zero attached hydrogens (tertiary/aromatic N) is 1. The highest BCUT2D eigenvalue weighted by Gasteiger charge is 2.31. The molecule has 1 heterocycles. The molecule has 17 heavy (non-hydrogen) atoms. The molecule has 1 saturated heterocycles. The summed E-state index contributed by atoms with van der Waals surface area (Å²) in [6.45, 7) is 7.90. The van der Waals surface area contributed by atoms with Crippen molar-refractivity contribution in [1.82, 2.24) is 10.2 Å². The molecule has 5 nitrogen and oxygen atoms in total. The average molecular weight is 242 g/mol. The van der Waals surface area contributed by atoms with E-state index in [2.05, 4.69) is 24.1 Å². The van der Waals surface area contributed by atoms with Gasteiger partial charge in [-0.25, -0.2) is 0 Å². The number of hydrogen-bond donors (Lipinski definition) is 2. The van der Waals surface area contributed by atoms with Gasteiger partial charge in [-0.2, -0.15) is 0 Å². The number of carboxylic acids is 1. The van der Waals surface area contributed by atoms with Crippen molar-refractivity contribution in [2.45, 2.75) is 33.2 Å².